The van der Waals surface area contributed by atoms with Crippen molar-refractivity contribution in [2.75, 3.05) is 33.9 Å². The maximum absolute atomic E-state index is 5.94. The Balaban J connectivity index is 2.56. The molecule has 0 spiro atoms. The Morgan fingerprint density at radius 3 is 2.43 bits per heavy atom. The van der Waals surface area contributed by atoms with Crippen molar-refractivity contribution in [3.63, 3.8) is 0 Å². The van der Waals surface area contributed by atoms with E-state index in [9.17, 15) is 0 Å². The van der Waals surface area contributed by atoms with Gasteiger partial charge in [-0.3, -0.25) is 4.90 Å². The minimum atomic E-state index is 0.417. The number of hydrogen-bond acceptors (Lipinski definition) is 4. The number of hydrogen-bond donors (Lipinski definition) is 2. The predicted molar refractivity (Wildman–Crippen MR) is 95.3 cm³/mol. The van der Waals surface area contributed by atoms with Gasteiger partial charge in [0.2, 0.25) is 0 Å². The number of nitrogens with two attached hydrogens (primary N) is 1. The van der Waals surface area contributed by atoms with E-state index in [1.807, 2.05) is 18.2 Å². The minimum absolute atomic E-state index is 0.417. The SMILES string of the molecule is CCN(CC)C(C)CNC(N)=NCc1ccc(OC)c(OC)c1. The van der Waals surface area contributed by atoms with Crippen molar-refractivity contribution >= 4 is 5.96 Å². The first-order valence-electron chi connectivity index (χ1n) is 8.04. The summed E-state index contributed by atoms with van der Waals surface area (Å²) in [6, 6.07) is 6.15. The maximum Gasteiger partial charge on any atom is 0.188 e. The van der Waals surface area contributed by atoms with Crippen LogP contribution in [0, 0.1) is 0 Å². The first-order chi connectivity index (χ1) is 11.0. The van der Waals surface area contributed by atoms with E-state index < -0.39 is 0 Å². The number of nitrogens with zero attached hydrogens (tertiary/aromatic N) is 2. The average Bonchev–Trinajstić information content (AvgIpc) is 2.58. The van der Waals surface area contributed by atoms with Crippen LogP contribution in [0.4, 0.5) is 0 Å². The number of guanidine groups is 1. The van der Waals surface area contributed by atoms with Gasteiger partial charge in [0.25, 0.3) is 0 Å². The summed E-state index contributed by atoms with van der Waals surface area (Å²) in [4.78, 5) is 6.75. The second-order valence-corrected chi connectivity index (χ2v) is 5.34. The molecule has 3 N–H and O–H groups in total. The summed E-state index contributed by atoms with van der Waals surface area (Å²) < 4.78 is 10.5. The van der Waals surface area contributed by atoms with Crippen molar-refractivity contribution < 1.29 is 9.47 Å². The molecular weight excluding hydrogens is 292 g/mol. The fourth-order valence-electron chi connectivity index (χ4n) is 2.44. The number of rotatable bonds is 9. The quantitative estimate of drug-likeness (QED) is 0.536. The van der Waals surface area contributed by atoms with E-state index in [-0.39, 0.29) is 0 Å². The molecule has 0 saturated heterocycles. The number of ether oxygens (including phenoxy) is 2. The topological polar surface area (TPSA) is 72.1 Å². The van der Waals surface area contributed by atoms with Crippen LogP contribution in [0.3, 0.4) is 0 Å². The Morgan fingerprint density at radius 1 is 1.22 bits per heavy atom. The van der Waals surface area contributed by atoms with Crippen molar-refractivity contribution in [3.05, 3.63) is 23.8 Å². The van der Waals surface area contributed by atoms with Gasteiger partial charge in [0.05, 0.1) is 20.8 Å². The zero-order valence-electron chi connectivity index (χ0n) is 14.9. The Hall–Kier alpha value is -1.95. The van der Waals surface area contributed by atoms with Gasteiger partial charge in [-0.1, -0.05) is 19.9 Å². The van der Waals surface area contributed by atoms with Crippen LogP contribution in [0.1, 0.15) is 26.3 Å². The Morgan fingerprint density at radius 2 is 1.87 bits per heavy atom. The highest BCUT2D eigenvalue weighted by atomic mass is 16.5. The number of aliphatic imine (C=N–C) groups is 1. The molecule has 0 fully saturated rings. The fourth-order valence-corrected chi connectivity index (χ4v) is 2.44. The van der Waals surface area contributed by atoms with Crippen LogP contribution in [0.15, 0.2) is 23.2 Å². The molecule has 0 aliphatic heterocycles. The normalized spacial score (nSPS) is 13.0. The summed E-state index contributed by atoms with van der Waals surface area (Å²) in [7, 11) is 3.24. The van der Waals surface area contributed by atoms with Gasteiger partial charge in [0.1, 0.15) is 0 Å². The number of nitrogens with one attached hydrogen (secondary N) is 1. The van der Waals surface area contributed by atoms with Crippen molar-refractivity contribution in [1.29, 1.82) is 0 Å². The molecule has 0 aliphatic carbocycles. The maximum atomic E-state index is 5.94. The molecule has 130 valence electrons. The molecule has 0 amide bonds. The second kappa shape index (κ2) is 9.94. The van der Waals surface area contributed by atoms with Gasteiger partial charge in [-0.15, -0.1) is 0 Å². The van der Waals surface area contributed by atoms with E-state index in [4.69, 9.17) is 15.2 Å². The van der Waals surface area contributed by atoms with Gasteiger partial charge >= 0.3 is 0 Å². The van der Waals surface area contributed by atoms with Crippen LogP contribution in [-0.4, -0.2) is 50.8 Å². The zero-order chi connectivity index (χ0) is 17.2. The van der Waals surface area contributed by atoms with Gasteiger partial charge in [0.15, 0.2) is 17.5 Å². The molecule has 1 aromatic rings. The molecule has 0 radical (unpaired) electrons. The van der Waals surface area contributed by atoms with Crippen LogP contribution in [0.2, 0.25) is 0 Å². The molecule has 6 heteroatoms. The Kier molecular flexibility index (Phi) is 8.26. The lowest BCUT2D eigenvalue weighted by atomic mass is 10.2. The first kappa shape index (κ1) is 19.1. The van der Waals surface area contributed by atoms with E-state index in [1.165, 1.54) is 0 Å². The van der Waals surface area contributed by atoms with Crippen molar-refractivity contribution in [2.24, 2.45) is 10.7 Å². The average molecular weight is 322 g/mol. The summed E-state index contributed by atoms with van der Waals surface area (Å²) in [5.41, 5.74) is 6.96. The van der Waals surface area contributed by atoms with Gasteiger partial charge in [0, 0.05) is 12.6 Å². The zero-order valence-corrected chi connectivity index (χ0v) is 14.9. The van der Waals surface area contributed by atoms with Gasteiger partial charge < -0.3 is 20.5 Å². The molecule has 1 rings (SSSR count). The smallest absolute Gasteiger partial charge is 0.188 e. The van der Waals surface area contributed by atoms with E-state index in [0.717, 1.165) is 25.2 Å². The molecule has 6 nitrogen and oxygen atoms in total. The highest BCUT2D eigenvalue weighted by Gasteiger charge is 2.09. The van der Waals surface area contributed by atoms with E-state index in [2.05, 4.69) is 36.0 Å². The third kappa shape index (κ3) is 5.98. The standard InChI is InChI=1S/C17H30N4O2/c1-6-21(7-2)13(3)11-19-17(18)20-12-14-8-9-15(22-4)16(10-14)23-5/h8-10,13H,6-7,11-12H2,1-5H3,(H3,18,19,20). The van der Waals surface area contributed by atoms with Crippen molar-refractivity contribution in [1.82, 2.24) is 10.2 Å². The summed E-state index contributed by atoms with van der Waals surface area (Å²) >= 11 is 0. The number of likely N-dealkylation sites (N-methyl/N-ethyl adjacent to an activating group) is 1. The van der Waals surface area contributed by atoms with Gasteiger partial charge in [-0.25, -0.2) is 4.99 Å². The summed E-state index contributed by atoms with van der Waals surface area (Å²) in [6.07, 6.45) is 0. The molecule has 0 heterocycles. The van der Waals surface area contributed by atoms with E-state index in [1.54, 1.807) is 14.2 Å². The third-order valence-electron chi connectivity index (χ3n) is 3.89. The second-order valence-electron chi connectivity index (χ2n) is 5.34. The molecule has 1 aromatic carbocycles. The van der Waals surface area contributed by atoms with Gasteiger partial charge in [-0.2, -0.15) is 0 Å². The molecule has 0 saturated carbocycles. The minimum Gasteiger partial charge on any atom is -0.493 e. The fraction of sp³-hybridized carbons (Fsp3) is 0.588. The van der Waals surface area contributed by atoms with Crippen LogP contribution < -0.4 is 20.5 Å². The molecule has 1 unspecified atom stereocenters. The van der Waals surface area contributed by atoms with E-state index >= 15 is 0 Å². The highest BCUT2D eigenvalue weighted by Crippen LogP contribution is 2.27. The molecule has 0 aliphatic rings. The molecular formula is C17H30N4O2. The van der Waals surface area contributed by atoms with Crippen LogP contribution >= 0.6 is 0 Å². The molecule has 1 atom stereocenters. The van der Waals surface area contributed by atoms with E-state index in [0.29, 0.717) is 30.0 Å². The Bertz CT molecular complexity index is 501. The molecule has 23 heavy (non-hydrogen) atoms. The lowest BCUT2D eigenvalue weighted by Crippen LogP contribution is -2.44. The lowest BCUT2D eigenvalue weighted by Gasteiger charge is -2.26. The van der Waals surface area contributed by atoms with Crippen molar-refractivity contribution in [3.8, 4) is 11.5 Å². The van der Waals surface area contributed by atoms with Crippen LogP contribution in [0.25, 0.3) is 0 Å². The highest BCUT2D eigenvalue weighted by molar-refractivity contribution is 5.77. The summed E-state index contributed by atoms with van der Waals surface area (Å²) in [6.45, 7) is 9.84. The third-order valence-corrected chi connectivity index (χ3v) is 3.89. The van der Waals surface area contributed by atoms with Gasteiger partial charge in [-0.05, 0) is 37.7 Å². The molecule has 0 bridgehead atoms. The largest absolute Gasteiger partial charge is 0.493 e. The monoisotopic (exact) mass is 322 g/mol. The first-order valence-corrected chi connectivity index (χ1v) is 8.04. The Labute approximate surface area is 139 Å². The predicted octanol–water partition coefficient (Wildman–Crippen LogP) is 1.84. The summed E-state index contributed by atoms with van der Waals surface area (Å²) in [5, 5.41) is 3.18. The number of benzene rings is 1. The lowest BCUT2D eigenvalue weighted by molar-refractivity contribution is 0.232. The molecule has 0 aromatic heterocycles. The van der Waals surface area contributed by atoms with Crippen LogP contribution in [-0.2, 0) is 6.54 Å². The number of methoxy groups -OCH3 is 2. The van der Waals surface area contributed by atoms with Crippen LogP contribution in [0.5, 0.6) is 11.5 Å². The van der Waals surface area contributed by atoms with Crippen molar-refractivity contribution in [2.45, 2.75) is 33.4 Å². The summed E-state index contributed by atoms with van der Waals surface area (Å²) in [5.74, 6) is 1.86.